The first-order chi connectivity index (χ1) is 17.1. The highest BCUT2D eigenvalue weighted by atomic mass is 32.2. The quantitative estimate of drug-likeness (QED) is 0.479. The number of aromatic nitrogens is 1. The molecule has 11 heteroatoms. The molecule has 1 aliphatic heterocycles. The highest BCUT2D eigenvalue weighted by molar-refractivity contribution is 7.90. The molecule has 2 bridgehead atoms. The first kappa shape index (κ1) is 26.3. The van der Waals surface area contributed by atoms with E-state index >= 15 is 0 Å². The molecule has 1 amide bonds. The predicted molar refractivity (Wildman–Crippen MR) is 144 cm³/mol. The zero-order chi connectivity index (χ0) is 27.0. The van der Waals surface area contributed by atoms with Gasteiger partial charge in [0.1, 0.15) is 0 Å². The van der Waals surface area contributed by atoms with Crippen molar-refractivity contribution in [1.29, 1.82) is 0 Å². The van der Waals surface area contributed by atoms with Crippen LogP contribution >= 0.6 is 11.3 Å². The zero-order valence-electron chi connectivity index (χ0n) is 21.6. The summed E-state index contributed by atoms with van der Waals surface area (Å²) in [4.78, 5) is 18.0. The van der Waals surface area contributed by atoms with Crippen molar-refractivity contribution in [2.75, 3.05) is 12.8 Å². The molecule has 5 rings (SSSR count). The Hall–Kier alpha value is -2.34. The third kappa shape index (κ3) is 4.82. The van der Waals surface area contributed by atoms with Gasteiger partial charge in [-0.3, -0.25) is 4.79 Å². The molecule has 8 nitrogen and oxygen atoms in total. The van der Waals surface area contributed by atoms with Gasteiger partial charge in [0, 0.05) is 31.5 Å². The number of nitrogens with zero attached hydrogens (tertiary/aromatic N) is 3. The Bertz CT molecular complexity index is 1700. The first-order valence-corrected chi connectivity index (χ1v) is 16.2. The van der Waals surface area contributed by atoms with E-state index in [1.54, 1.807) is 28.1 Å². The molecule has 1 aliphatic carbocycles. The number of carbonyl (C=O) groups excluding carboxylic acids is 1. The number of amides is 1. The lowest BCUT2D eigenvalue weighted by Crippen LogP contribution is -2.37. The van der Waals surface area contributed by atoms with Crippen LogP contribution in [0.25, 0.3) is 10.2 Å². The van der Waals surface area contributed by atoms with E-state index in [2.05, 4.69) is 25.8 Å². The summed E-state index contributed by atoms with van der Waals surface area (Å²) in [6.07, 6.45) is 3.87. The lowest BCUT2D eigenvalue weighted by Gasteiger charge is -2.39. The first-order valence-electron chi connectivity index (χ1n) is 12.1. The summed E-state index contributed by atoms with van der Waals surface area (Å²) in [5.74, 6) is -0.499. The molecule has 2 aliphatic rings. The van der Waals surface area contributed by atoms with Crippen molar-refractivity contribution in [3.8, 4) is 0 Å². The largest absolute Gasteiger partial charge is 0.319 e. The maximum absolute atomic E-state index is 13.5. The van der Waals surface area contributed by atoms with Crippen molar-refractivity contribution in [3.63, 3.8) is 0 Å². The molecule has 1 aromatic heterocycles. The fourth-order valence-corrected chi connectivity index (χ4v) is 9.75. The molecule has 2 heterocycles. The van der Waals surface area contributed by atoms with Gasteiger partial charge < -0.3 is 4.57 Å². The Morgan fingerprint density at radius 3 is 2.30 bits per heavy atom. The van der Waals surface area contributed by atoms with Gasteiger partial charge in [0.15, 0.2) is 14.6 Å². The van der Waals surface area contributed by atoms with Crippen LogP contribution in [0.1, 0.15) is 50.4 Å². The number of carbonyl (C=O) groups is 1. The summed E-state index contributed by atoms with van der Waals surface area (Å²) >= 11 is 1.22. The molecule has 198 valence electrons. The van der Waals surface area contributed by atoms with Crippen LogP contribution in [0.4, 0.5) is 0 Å². The topological polar surface area (TPSA) is 106 Å². The zero-order valence-corrected chi connectivity index (χ0v) is 24.0. The average Bonchev–Trinajstić information content (AvgIpc) is 3.24. The summed E-state index contributed by atoms with van der Waals surface area (Å²) in [5, 5.41) is 0. The molecule has 2 fully saturated rings. The second kappa shape index (κ2) is 8.59. The minimum absolute atomic E-state index is 0.00812. The number of hydrogen-bond donors (Lipinski definition) is 0. The number of thiazole rings is 1. The summed E-state index contributed by atoms with van der Waals surface area (Å²) < 4.78 is 54.9. The lowest BCUT2D eigenvalue weighted by molar-refractivity contribution is 0.0997. The normalized spacial score (nSPS) is 24.6. The molecule has 0 radical (unpaired) electrons. The fraction of sp³-hybridized carbons (Fsp3) is 0.462. The van der Waals surface area contributed by atoms with E-state index in [1.165, 1.54) is 41.7 Å². The molecule has 1 saturated carbocycles. The summed E-state index contributed by atoms with van der Waals surface area (Å²) in [5.41, 5.74) is 1.13. The molecule has 0 spiro atoms. The number of fused-ring (bicyclic) bond motifs is 3. The van der Waals surface area contributed by atoms with E-state index in [0.717, 1.165) is 31.0 Å². The summed E-state index contributed by atoms with van der Waals surface area (Å²) in [6, 6.07) is 10.8. The van der Waals surface area contributed by atoms with Crippen LogP contribution in [0.15, 0.2) is 57.2 Å². The third-order valence-corrected chi connectivity index (χ3v) is 11.6. The Morgan fingerprint density at radius 2 is 1.65 bits per heavy atom. The van der Waals surface area contributed by atoms with Crippen LogP contribution in [0, 0.1) is 10.8 Å². The van der Waals surface area contributed by atoms with E-state index in [9.17, 15) is 21.6 Å². The number of hydrogen-bond acceptors (Lipinski definition) is 6. The van der Waals surface area contributed by atoms with Crippen molar-refractivity contribution in [2.24, 2.45) is 22.9 Å². The molecule has 2 aromatic carbocycles. The van der Waals surface area contributed by atoms with Crippen LogP contribution in [0.5, 0.6) is 0 Å². The molecule has 2 atom stereocenters. The number of sulfonamides is 1. The molecule has 2 unspecified atom stereocenters. The maximum Gasteiger partial charge on any atom is 0.279 e. The number of sulfone groups is 1. The van der Waals surface area contributed by atoms with Crippen molar-refractivity contribution >= 4 is 47.3 Å². The lowest BCUT2D eigenvalue weighted by atomic mass is 9.65. The van der Waals surface area contributed by atoms with Gasteiger partial charge in [0.05, 0.1) is 20.0 Å². The standard InChI is InChI=1S/C26H31N3O5S3/c1-25(2)13-18-14-26(3,15-25)16-29(18)37(33,34)19-8-6-17(7-9-19)23(30)27-24-28(4)21-11-10-20(36(5,31)32)12-22(21)35-24/h6-12,18H,13-16H2,1-5H3. The number of rotatable bonds is 4. The van der Waals surface area contributed by atoms with Crippen molar-refractivity contribution < 1.29 is 21.6 Å². The predicted octanol–water partition coefficient (Wildman–Crippen LogP) is 3.97. The van der Waals surface area contributed by atoms with E-state index in [0.29, 0.717) is 16.0 Å². The van der Waals surface area contributed by atoms with Crippen LogP contribution in [-0.2, 0) is 26.9 Å². The monoisotopic (exact) mass is 561 g/mol. The van der Waals surface area contributed by atoms with Gasteiger partial charge in [-0.15, -0.1) is 0 Å². The summed E-state index contributed by atoms with van der Waals surface area (Å²) in [6.45, 7) is 7.11. The van der Waals surface area contributed by atoms with Crippen LogP contribution in [0.3, 0.4) is 0 Å². The SMILES string of the molecule is Cn1c(=NC(=O)c2ccc(S(=O)(=O)N3CC4(C)CC3CC(C)(C)C4)cc2)sc2cc(S(C)(=O)=O)ccc21. The molecular formula is C26H31N3O5S3. The van der Waals surface area contributed by atoms with E-state index in [4.69, 9.17) is 0 Å². The molecule has 3 aromatic rings. The Balaban J connectivity index is 1.42. The van der Waals surface area contributed by atoms with Gasteiger partial charge in [-0.1, -0.05) is 32.1 Å². The van der Waals surface area contributed by atoms with Crippen molar-refractivity contribution in [1.82, 2.24) is 8.87 Å². The Labute approximate surface area is 221 Å². The van der Waals surface area contributed by atoms with E-state index in [-0.39, 0.29) is 32.2 Å². The molecule has 0 N–H and O–H groups in total. The smallest absolute Gasteiger partial charge is 0.279 e. The van der Waals surface area contributed by atoms with E-state index in [1.807, 2.05) is 0 Å². The minimum atomic E-state index is -3.68. The third-order valence-electron chi connectivity index (χ3n) is 7.48. The van der Waals surface area contributed by atoms with E-state index < -0.39 is 25.8 Å². The van der Waals surface area contributed by atoms with Crippen molar-refractivity contribution in [2.45, 2.75) is 55.9 Å². The second-order valence-electron chi connectivity index (χ2n) is 11.6. The minimum Gasteiger partial charge on any atom is -0.319 e. The molecule has 37 heavy (non-hydrogen) atoms. The highest BCUT2D eigenvalue weighted by Gasteiger charge is 2.53. The van der Waals surface area contributed by atoms with Gasteiger partial charge in [0.2, 0.25) is 10.0 Å². The highest BCUT2D eigenvalue weighted by Crippen LogP contribution is 2.53. The van der Waals surface area contributed by atoms with Gasteiger partial charge in [-0.05, 0) is 72.6 Å². The molecular weight excluding hydrogens is 531 g/mol. The van der Waals surface area contributed by atoms with Gasteiger partial charge >= 0.3 is 0 Å². The number of aryl methyl sites for hydroxylation is 1. The van der Waals surface area contributed by atoms with Gasteiger partial charge in [-0.25, -0.2) is 16.8 Å². The Kier molecular flexibility index (Phi) is 6.10. The van der Waals surface area contributed by atoms with Gasteiger partial charge in [0.25, 0.3) is 5.91 Å². The van der Waals surface area contributed by atoms with Gasteiger partial charge in [-0.2, -0.15) is 9.30 Å². The second-order valence-corrected chi connectivity index (χ2v) is 16.5. The fourth-order valence-electron chi connectivity index (χ4n) is 6.20. The van der Waals surface area contributed by atoms with Crippen LogP contribution in [-0.4, -0.2) is 50.5 Å². The molecule has 1 saturated heterocycles. The van der Waals surface area contributed by atoms with Crippen LogP contribution < -0.4 is 4.80 Å². The Morgan fingerprint density at radius 1 is 1.00 bits per heavy atom. The average molecular weight is 562 g/mol. The maximum atomic E-state index is 13.5. The summed E-state index contributed by atoms with van der Waals surface area (Å²) in [7, 11) is -5.28. The number of benzene rings is 2. The van der Waals surface area contributed by atoms with Crippen LogP contribution in [0.2, 0.25) is 0 Å². The van der Waals surface area contributed by atoms with Crippen molar-refractivity contribution in [3.05, 3.63) is 52.8 Å².